The predicted octanol–water partition coefficient (Wildman–Crippen LogP) is 2.53. The van der Waals surface area contributed by atoms with Crippen molar-refractivity contribution in [3.8, 4) is 0 Å². The van der Waals surface area contributed by atoms with Crippen molar-refractivity contribution in [2.75, 3.05) is 23.9 Å². The van der Waals surface area contributed by atoms with Crippen molar-refractivity contribution in [3.05, 3.63) is 17.8 Å². The van der Waals surface area contributed by atoms with E-state index in [4.69, 9.17) is 5.73 Å². The van der Waals surface area contributed by atoms with Crippen LogP contribution in [0.4, 0.5) is 11.5 Å². The van der Waals surface area contributed by atoms with Crippen LogP contribution in [0.3, 0.4) is 0 Å². The number of rotatable bonds is 5. The van der Waals surface area contributed by atoms with Crippen LogP contribution in [0, 0.1) is 6.92 Å². The summed E-state index contributed by atoms with van der Waals surface area (Å²) in [6, 6.07) is 1.92. The van der Waals surface area contributed by atoms with Crippen molar-refractivity contribution >= 4 is 23.3 Å². The number of aryl methyl sites for hydroxylation is 1. The number of anilines is 2. The van der Waals surface area contributed by atoms with E-state index in [1.807, 2.05) is 24.8 Å². The van der Waals surface area contributed by atoms with E-state index < -0.39 is 0 Å². The van der Waals surface area contributed by atoms with Gasteiger partial charge in [-0.15, -0.1) is 0 Å². The molecule has 1 aromatic heterocycles. The molecule has 3 N–H and O–H groups in total. The van der Waals surface area contributed by atoms with Gasteiger partial charge in [-0.25, -0.2) is 4.98 Å². The third kappa shape index (κ3) is 3.63. The fourth-order valence-corrected chi connectivity index (χ4v) is 1.58. The Balaban J connectivity index is 2.47. The molecule has 4 heteroatoms. The number of nitrogens with one attached hydrogen (secondary N) is 1. The summed E-state index contributed by atoms with van der Waals surface area (Å²) in [5.41, 5.74) is 7.73. The van der Waals surface area contributed by atoms with Crippen LogP contribution in [0.2, 0.25) is 0 Å². The molecule has 0 radical (unpaired) electrons. The molecule has 1 heterocycles. The summed E-state index contributed by atoms with van der Waals surface area (Å²) in [4.78, 5) is 4.22. The molecule has 0 spiro atoms. The molecule has 84 valence electrons. The van der Waals surface area contributed by atoms with Crippen LogP contribution < -0.4 is 11.1 Å². The van der Waals surface area contributed by atoms with Crippen LogP contribution in [0.25, 0.3) is 0 Å². The first-order valence-electron chi connectivity index (χ1n) is 5.13. The summed E-state index contributed by atoms with van der Waals surface area (Å²) in [5.74, 6) is 0.809. The van der Waals surface area contributed by atoms with E-state index in [0.29, 0.717) is 5.25 Å². The van der Waals surface area contributed by atoms with Crippen molar-refractivity contribution in [3.63, 3.8) is 0 Å². The molecule has 1 aromatic rings. The van der Waals surface area contributed by atoms with Crippen molar-refractivity contribution in [1.82, 2.24) is 4.98 Å². The predicted molar refractivity (Wildman–Crippen MR) is 69.5 cm³/mol. The second kappa shape index (κ2) is 5.85. The van der Waals surface area contributed by atoms with E-state index in [0.717, 1.165) is 30.0 Å². The first-order chi connectivity index (χ1) is 7.15. The Kier molecular flexibility index (Phi) is 4.75. The molecular weight excluding hydrogens is 206 g/mol. The monoisotopic (exact) mass is 225 g/mol. The Bertz CT molecular complexity index is 315. The first-order valence-corrected chi connectivity index (χ1v) is 6.41. The number of nitrogens with zero attached hydrogens (tertiary/aromatic N) is 1. The highest BCUT2D eigenvalue weighted by Gasteiger charge is 2.03. The zero-order valence-corrected chi connectivity index (χ0v) is 10.4. The smallest absolute Gasteiger partial charge is 0.149 e. The quantitative estimate of drug-likeness (QED) is 0.808. The highest BCUT2D eigenvalue weighted by molar-refractivity contribution is 7.99. The summed E-state index contributed by atoms with van der Waals surface area (Å²) in [7, 11) is 0. The van der Waals surface area contributed by atoms with Crippen LogP contribution in [0.15, 0.2) is 12.3 Å². The van der Waals surface area contributed by atoms with Gasteiger partial charge in [0.1, 0.15) is 5.82 Å². The van der Waals surface area contributed by atoms with Crippen LogP contribution in [-0.4, -0.2) is 23.0 Å². The molecule has 3 nitrogen and oxygen atoms in total. The number of hydrogen-bond donors (Lipinski definition) is 2. The van der Waals surface area contributed by atoms with Crippen LogP contribution in [0.5, 0.6) is 0 Å². The SMILES string of the molecule is CSC(C)CCNc1nccc(C)c1N. The summed E-state index contributed by atoms with van der Waals surface area (Å²) >= 11 is 1.88. The van der Waals surface area contributed by atoms with Gasteiger partial charge >= 0.3 is 0 Å². The van der Waals surface area contributed by atoms with Gasteiger partial charge in [-0.05, 0) is 31.2 Å². The van der Waals surface area contributed by atoms with Crippen molar-refractivity contribution < 1.29 is 0 Å². The largest absolute Gasteiger partial charge is 0.396 e. The number of aromatic nitrogens is 1. The highest BCUT2D eigenvalue weighted by atomic mass is 32.2. The van der Waals surface area contributed by atoms with Gasteiger partial charge in [0.05, 0.1) is 5.69 Å². The number of nitrogens with two attached hydrogens (primary N) is 1. The number of nitrogen functional groups attached to an aromatic ring is 1. The molecule has 0 aliphatic heterocycles. The minimum Gasteiger partial charge on any atom is -0.396 e. The molecule has 0 aliphatic rings. The number of thioether (sulfide) groups is 1. The summed E-state index contributed by atoms with van der Waals surface area (Å²) in [5, 5.41) is 3.94. The molecule has 1 unspecified atom stereocenters. The minimum atomic E-state index is 0.670. The van der Waals surface area contributed by atoms with E-state index in [-0.39, 0.29) is 0 Å². The van der Waals surface area contributed by atoms with Gasteiger partial charge in [-0.2, -0.15) is 11.8 Å². The Morgan fingerprint density at radius 3 is 3.00 bits per heavy atom. The van der Waals surface area contributed by atoms with Crippen molar-refractivity contribution in [2.45, 2.75) is 25.5 Å². The van der Waals surface area contributed by atoms with Crippen LogP contribution in [-0.2, 0) is 0 Å². The molecule has 1 atom stereocenters. The molecule has 0 aliphatic carbocycles. The third-order valence-corrected chi connectivity index (χ3v) is 3.49. The van der Waals surface area contributed by atoms with Gasteiger partial charge in [-0.3, -0.25) is 0 Å². The normalized spacial score (nSPS) is 12.5. The number of pyridine rings is 1. The Labute approximate surface area is 95.9 Å². The topological polar surface area (TPSA) is 50.9 Å². The Morgan fingerprint density at radius 1 is 1.60 bits per heavy atom. The lowest BCUT2D eigenvalue weighted by molar-refractivity contribution is 0.850. The first kappa shape index (κ1) is 12.2. The average molecular weight is 225 g/mol. The lowest BCUT2D eigenvalue weighted by Gasteiger charge is -2.11. The molecule has 0 fully saturated rings. The molecule has 0 saturated carbocycles. The maximum atomic E-state index is 5.90. The summed E-state index contributed by atoms with van der Waals surface area (Å²) in [6.07, 6.45) is 5.03. The van der Waals surface area contributed by atoms with Gasteiger partial charge < -0.3 is 11.1 Å². The van der Waals surface area contributed by atoms with E-state index in [2.05, 4.69) is 23.5 Å². The van der Waals surface area contributed by atoms with Crippen LogP contribution >= 0.6 is 11.8 Å². The molecule has 0 bridgehead atoms. The van der Waals surface area contributed by atoms with Gasteiger partial charge in [0.15, 0.2) is 0 Å². The summed E-state index contributed by atoms with van der Waals surface area (Å²) in [6.45, 7) is 5.13. The second-order valence-corrected chi connectivity index (χ2v) is 4.93. The van der Waals surface area contributed by atoms with E-state index >= 15 is 0 Å². The fraction of sp³-hybridized carbons (Fsp3) is 0.545. The third-order valence-electron chi connectivity index (χ3n) is 2.45. The molecule has 15 heavy (non-hydrogen) atoms. The maximum absolute atomic E-state index is 5.90. The zero-order chi connectivity index (χ0) is 11.3. The van der Waals surface area contributed by atoms with Crippen molar-refractivity contribution in [2.24, 2.45) is 0 Å². The summed E-state index contributed by atoms with van der Waals surface area (Å²) < 4.78 is 0. The molecule has 0 amide bonds. The van der Waals surface area contributed by atoms with Gasteiger partial charge in [-0.1, -0.05) is 6.92 Å². The molecular formula is C11H19N3S. The van der Waals surface area contributed by atoms with Gasteiger partial charge in [0.2, 0.25) is 0 Å². The van der Waals surface area contributed by atoms with E-state index in [1.165, 1.54) is 0 Å². The second-order valence-electron chi connectivity index (χ2n) is 3.65. The maximum Gasteiger partial charge on any atom is 0.149 e. The highest BCUT2D eigenvalue weighted by Crippen LogP contribution is 2.19. The minimum absolute atomic E-state index is 0.670. The zero-order valence-electron chi connectivity index (χ0n) is 9.58. The van der Waals surface area contributed by atoms with Crippen molar-refractivity contribution in [1.29, 1.82) is 0 Å². The molecule has 1 rings (SSSR count). The lowest BCUT2D eigenvalue weighted by Crippen LogP contribution is -2.10. The number of hydrogen-bond acceptors (Lipinski definition) is 4. The fourth-order valence-electron chi connectivity index (χ4n) is 1.22. The molecule has 0 aromatic carbocycles. The van der Waals surface area contributed by atoms with Gasteiger partial charge in [0.25, 0.3) is 0 Å². The standard InChI is InChI=1S/C11H19N3S/c1-8-4-6-13-11(10(8)12)14-7-5-9(2)15-3/h4,6,9H,5,7,12H2,1-3H3,(H,13,14). The Morgan fingerprint density at radius 2 is 2.33 bits per heavy atom. The van der Waals surface area contributed by atoms with Crippen LogP contribution in [0.1, 0.15) is 18.9 Å². The lowest BCUT2D eigenvalue weighted by atomic mass is 10.2. The molecule has 0 saturated heterocycles. The Hall–Kier alpha value is -0.900. The van der Waals surface area contributed by atoms with Gasteiger partial charge in [0, 0.05) is 18.0 Å². The van der Waals surface area contributed by atoms with E-state index in [1.54, 1.807) is 6.20 Å². The van der Waals surface area contributed by atoms with E-state index in [9.17, 15) is 0 Å². The average Bonchev–Trinajstić information content (AvgIpc) is 2.24.